The highest BCUT2D eigenvalue weighted by molar-refractivity contribution is 5.98. The molecule has 0 saturated heterocycles. The monoisotopic (exact) mass is 369 g/mol. The summed E-state index contributed by atoms with van der Waals surface area (Å²) in [5, 5.41) is 15.1. The number of hydrogen-bond donors (Lipinski definition) is 3. The van der Waals surface area contributed by atoms with Crippen LogP contribution in [0.5, 0.6) is 5.75 Å². The molecule has 2 aromatic rings. The third-order valence-electron chi connectivity index (χ3n) is 3.33. The number of aliphatic imine (C=N–C) groups is 2. The summed E-state index contributed by atoms with van der Waals surface area (Å²) in [4.78, 5) is 23.3. The third-order valence-corrected chi connectivity index (χ3v) is 3.33. The number of guanidine groups is 2. The van der Waals surface area contributed by atoms with Gasteiger partial charge in [0.2, 0.25) is 5.96 Å². The minimum Gasteiger partial charge on any atom is -0.370 e. The van der Waals surface area contributed by atoms with Gasteiger partial charge in [-0.1, -0.05) is 35.0 Å². The molecular formula is C17H19N7O3. The van der Waals surface area contributed by atoms with E-state index < -0.39 is 4.92 Å². The van der Waals surface area contributed by atoms with Crippen molar-refractivity contribution in [3.8, 4) is 5.75 Å². The molecule has 10 heteroatoms. The molecule has 0 saturated carbocycles. The molecule has 0 heterocycles. The summed E-state index contributed by atoms with van der Waals surface area (Å²) in [6, 6.07) is 11.5. The SMILES string of the molecule is CC(=NOc1cc(N=C(N)N=C(N)N)cc([N+](=O)[O-])c1)c1ccc(C)cc1. The number of nitrogens with two attached hydrogens (primary N) is 3. The molecule has 0 bridgehead atoms. The third kappa shape index (κ3) is 5.81. The fraction of sp³-hybridized carbons (Fsp3) is 0.118. The summed E-state index contributed by atoms with van der Waals surface area (Å²) in [7, 11) is 0. The predicted molar refractivity (Wildman–Crippen MR) is 104 cm³/mol. The molecule has 0 atom stereocenters. The molecule has 2 rings (SSSR count). The molecule has 0 amide bonds. The van der Waals surface area contributed by atoms with Crippen LogP contribution in [-0.4, -0.2) is 22.6 Å². The van der Waals surface area contributed by atoms with E-state index in [2.05, 4.69) is 15.1 Å². The van der Waals surface area contributed by atoms with E-state index in [-0.39, 0.29) is 29.0 Å². The maximum absolute atomic E-state index is 11.1. The van der Waals surface area contributed by atoms with E-state index in [0.717, 1.165) is 11.1 Å². The van der Waals surface area contributed by atoms with Gasteiger partial charge in [-0.05, 0) is 19.4 Å². The van der Waals surface area contributed by atoms with Gasteiger partial charge in [-0.3, -0.25) is 10.1 Å². The van der Waals surface area contributed by atoms with Gasteiger partial charge in [0.05, 0.1) is 22.4 Å². The molecule has 27 heavy (non-hydrogen) atoms. The van der Waals surface area contributed by atoms with Gasteiger partial charge < -0.3 is 22.0 Å². The Morgan fingerprint density at radius 3 is 2.37 bits per heavy atom. The second kappa shape index (κ2) is 8.43. The van der Waals surface area contributed by atoms with Crippen molar-refractivity contribution in [1.29, 1.82) is 0 Å². The van der Waals surface area contributed by atoms with E-state index in [0.29, 0.717) is 5.71 Å². The molecule has 0 aliphatic heterocycles. The number of non-ortho nitro benzene ring substituents is 1. The molecular weight excluding hydrogens is 350 g/mol. The van der Waals surface area contributed by atoms with Crippen LogP contribution in [0.25, 0.3) is 0 Å². The Labute approximate surface area is 155 Å². The summed E-state index contributed by atoms with van der Waals surface area (Å²) in [6.45, 7) is 3.74. The zero-order valence-electron chi connectivity index (χ0n) is 14.8. The number of rotatable bonds is 5. The van der Waals surface area contributed by atoms with Gasteiger partial charge in [-0.25, -0.2) is 4.99 Å². The number of oxime groups is 1. The normalized spacial score (nSPS) is 11.8. The molecule has 0 aliphatic rings. The number of benzene rings is 2. The molecule has 6 N–H and O–H groups in total. The second-order valence-corrected chi connectivity index (χ2v) is 5.58. The highest BCUT2D eigenvalue weighted by atomic mass is 16.6. The van der Waals surface area contributed by atoms with Crippen LogP contribution in [0.1, 0.15) is 18.1 Å². The second-order valence-electron chi connectivity index (χ2n) is 5.58. The maximum atomic E-state index is 11.1. The molecule has 2 aromatic carbocycles. The number of aryl methyl sites for hydroxylation is 1. The summed E-state index contributed by atoms with van der Waals surface area (Å²) in [5.74, 6) is -0.413. The first-order valence-corrected chi connectivity index (χ1v) is 7.76. The van der Waals surface area contributed by atoms with Crippen LogP contribution in [0.4, 0.5) is 11.4 Å². The number of nitro groups is 1. The van der Waals surface area contributed by atoms with E-state index >= 15 is 0 Å². The van der Waals surface area contributed by atoms with Crippen molar-refractivity contribution < 1.29 is 9.76 Å². The molecule has 0 spiro atoms. The van der Waals surface area contributed by atoms with Crippen LogP contribution in [0, 0.1) is 17.0 Å². The lowest BCUT2D eigenvalue weighted by Gasteiger charge is -2.04. The molecule has 0 unspecified atom stereocenters. The smallest absolute Gasteiger partial charge is 0.275 e. The minimum absolute atomic E-state index is 0.118. The average molecular weight is 369 g/mol. The van der Waals surface area contributed by atoms with Gasteiger partial charge in [0, 0.05) is 12.1 Å². The average Bonchev–Trinajstić information content (AvgIpc) is 2.59. The highest BCUT2D eigenvalue weighted by Crippen LogP contribution is 2.28. The van der Waals surface area contributed by atoms with Crippen molar-refractivity contribution in [2.24, 2.45) is 32.3 Å². The molecule has 0 fully saturated rings. The van der Waals surface area contributed by atoms with Crippen molar-refractivity contribution in [3.63, 3.8) is 0 Å². The Balaban J connectivity index is 2.32. The summed E-state index contributed by atoms with van der Waals surface area (Å²) in [6.07, 6.45) is 0. The quantitative estimate of drug-likeness (QED) is 0.315. The summed E-state index contributed by atoms with van der Waals surface area (Å²) < 4.78 is 0. The van der Waals surface area contributed by atoms with Gasteiger partial charge in [-0.2, -0.15) is 4.99 Å². The Kier molecular flexibility index (Phi) is 6.05. The molecule has 140 valence electrons. The van der Waals surface area contributed by atoms with Gasteiger partial charge in [0.25, 0.3) is 5.69 Å². The molecule has 10 nitrogen and oxygen atoms in total. The van der Waals surface area contributed by atoms with Gasteiger partial charge >= 0.3 is 0 Å². The van der Waals surface area contributed by atoms with E-state index in [1.807, 2.05) is 31.2 Å². The van der Waals surface area contributed by atoms with E-state index in [1.54, 1.807) is 6.92 Å². The van der Waals surface area contributed by atoms with E-state index in [1.165, 1.54) is 18.2 Å². The van der Waals surface area contributed by atoms with Crippen LogP contribution < -0.4 is 22.0 Å². The fourth-order valence-electron chi connectivity index (χ4n) is 2.05. The zero-order chi connectivity index (χ0) is 20.0. The van der Waals surface area contributed by atoms with Crippen molar-refractivity contribution in [2.75, 3.05) is 0 Å². The first kappa shape index (κ1) is 19.4. The fourth-order valence-corrected chi connectivity index (χ4v) is 2.05. The van der Waals surface area contributed by atoms with Crippen molar-refractivity contribution >= 4 is 29.0 Å². The number of nitrogens with zero attached hydrogens (tertiary/aromatic N) is 4. The van der Waals surface area contributed by atoms with Crippen LogP contribution in [0.15, 0.2) is 57.6 Å². The predicted octanol–water partition coefficient (Wildman–Crippen LogP) is 1.93. The lowest BCUT2D eigenvalue weighted by molar-refractivity contribution is -0.384. The topological polar surface area (TPSA) is 168 Å². The number of hydrogen-bond acceptors (Lipinski definition) is 5. The lowest BCUT2D eigenvalue weighted by atomic mass is 10.1. The zero-order valence-corrected chi connectivity index (χ0v) is 14.8. The Morgan fingerprint density at radius 1 is 1.11 bits per heavy atom. The highest BCUT2D eigenvalue weighted by Gasteiger charge is 2.11. The van der Waals surface area contributed by atoms with Gasteiger partial charge in [0.15, 0.2) is 11.7 Å². The molecule has 0 aromatic heterocycles. The Bertz CT molecular complexity index is 930. The van der Waals surface area contributed by atoms with Crippen LogP contribution in [-0.2, 0) is 0 Å². The van der Waals surface area contributed by atoms with Crippen LogP contribution >= 0.6 is 0 Å². The van der Waals surface area contributed by atoms with E-state index in [9.17, 15) is 10.1 Å². The largest absolute Gasteiger partial charge is 0.370 e. The van der Waals surface area contributed by atoms with E-state index in [4.69, 9.17) is 22.0 Å². The summed E-state index contributed by atoms with van der Waals surface area (Å²) in [5.41, 5.74) is 18.5. The van der Waals surface area contributed by atoms with Gasteiger partial charge in [-0.15, -0.1) is 0 Å². The van der Waals surface area contributed by atoms with Crippen molar-refractivity contribution in [3.05, 3.63) is 63.7 Å². The van der Waals surface area contributed by atoms with Gasteiger partial charge in [0.1, 0.15) is 0 Å². The van der Waals surface area contributed by atoms with Crippen LogP contribution in [0.2, 0.25) is 0 Å². The first-order valence-electron chi connectivity index (χ1n) is 7.76. The van der Waals surface area contributed by atoms with Crippen molar-refractivity contribution in [2.45, 2.75) is 13.8 Å². The van der Waals surface area contributed by atoms with Crippen LogP contribution in [0.3, 0.4) is 0 Å². The minimum atomic E-state index is -0.584. The standard InChI is InChI=1S/C17H19N7O3/c1-10-3-5-12(6-4-10)11(2)23-27-15-8-13(7-14(9-15)24(25)26)21-17(20)22-16(18)19/h3-9H,1-2H3,(H6,18,19,20,21,22). The number of nitro benzene ring substituents is 1. The lowest BCUT2D eigenvalue weighted by Crippen LogP contribution is -2.26. The molecule has 0 aliphatic carbocycles. The first-order chi connectivity index (χ1) is 12.7. The molecule has 0 radical (unpaired) electrons. The maximum Gasteiger partial charge on any atom is 0.275 e. The Hall–Kier alpha value is -3.95. The Morgan fingerprint density at radius 2 is 1.78 bits per heavy atom. The summed E-state index contributed by atoms with van der Waals surface area (Å²) >= 11 is 0. The van der Waals surface area contributed by atoms with Crippen molar-refractivity contribution in [1.82, 2.24) is 0 Å².